The number of nitriles is 1. The van der Waals surface area contributed by atoms with Crippen molar-refractivity contribution in [3.63, 3.8) is 0 Å². The highest BCUT2D eigenvalue weighted by molar-refractivity contribution is 5.94. The van der Waals surface area contributed by atoms with E-state index in [2.05, 4.69) is 6.07 Å². The third-order valence-electron chi connectivity index (χ3n) is 4.41. The van der Waals surface area contributed by atoms with Crippen LogP contribution in [0.1, 0.15) is 34.3 Å². The Balaban J connectivity index is 1.66. The normalized spacial score (nSPS) is 16.5. The van der Waals surface area contributed by atoms with Gasteiger partial charge in [-0.15, -0.1) is 0 Å². The first-order valence-electron chi connectivity index (χ1n) is 8.35. The summed E-state index contributed by atoms with van der Waals surface area (Å²) >= 11 is 0. The Labute approximate surface area is 147 Å². The Bertz CT molecular complexity index is 780. The average molecular weight is 336 g/mol. The molecule has 1 saturated heterocycles. The van der Waals surface area contributed by atoms with Crippen molar-refractivity contribution in [2.45, 2.75) is 25.5 Å². The van der Waals surface area contributed by atoms with Gasteiger partial charge in [-0.3, -0.25) is 4.79 Å². The molecule has 1 aliphatic heterocycles. The Kier molecular flexibility index (Phi) is 5.32. The highest BCUT2D eigenvalue weighted by Crippen LogP contribution is 2.21. The Morgan fingerprint density at radius 1 is 1.28 bits per heavy atom. The molecule has 0 bridgehead atoms. The van der Waals surface area contributed by atoms with E-state index in [4.69, 9.17) is 10.00 Å². The summed E-state index contributed by atoms with van der Waals surface area (Å²) in [5.74, 6) is 0.632. The number of likely N-dealkylation sites (tertiary alicyclic amines) is 1. The molecule has 0 saturated carbocycles. The maximum atomic E-state index is 12.7. The molecule has 1 atom stereocenters. The number of hydrogen-bond acceptors (Lipinski definition) is 4. The van der Waals surface area contributed by atoms with Gasteiger partial charge in [-0.05, 0) is 54.8 Å². The molecule has 3 rings (SSSR count). The minimum Gasteiger partial charge on any atom is -0.489 e. The van der Waals surface area contributed by atoms with Gasteiger partial charge in [-0.25, -0.2) is 0 Å². The summed E-state index contributed by atoms with van der Waals surface area (Å²) in [6.45, 7) is 1.04. The second kappa shape index (κ2) is 7.82. The molecule has 1 fully saturated rings. The predicted octanol–water partition coefficient (Wildman–Crippen LogP) is 2.73. The lowest BCUT2D eigenvalue weighted by atomic mass is 10.1. The number of aliphatic hydroxyl groups excluding tert-OH is 1. The fraction of sp³-hybridized carbons (Fsp3) is 0.300. The molecular formula is C20H20N2O3. The zero-order chi connectivity index (χ0) is 17.6. The van der Waals surface area contributed by atoms with Gasteiger partial charge < -0.3 is 14.7 Å². The minimum absolute atomic E-state index is 0.00718. The molecule has 25 heavy (non-hydrogen) atoms. The van der Waals surface area contributed by atoms with Gasteiger partial charge in [-0.1, -0.05) is 12.1 Å². The van der Waals surface area contributed by atoms with Gasteiger partial charge in [0.15, 0.2) is 0 Å². The van der Waals surface area contributed by atoms with Crippen LogP contribution < -0.4 is 4.74 Å². The highest BCUT2D eigenvalue weighted by atomic mass is 16.5. The van der Waals surface area contributed by atoms with Crippen LogP contribution in [-0.4, -0.2) is 35.1 Å². The zero-order valence-corrected chi connectivity index (χ0v) is 13.9. The maximum Gasteiger partial charge on any atom is 0.254 e. The lowest BCUT2D eigenvalue weighted by Gasteiger charge is -2.23. The predicted molar refractivity (Wildman–Crippen MR) is 93.1 cm³/mol. The van der Waals surface area contributed by atoms with Crippen molar-refractivity contribution in [2.24, 2.45) is 0 Å². The number of ether oxygens (including phenoxy) is 1. The second-order valence-electron chi connectivity index (χ2n) is 6.10. The van der Waals surface area contributed by atoms with Crippen molar-refractivity contribution in [1.82, 2.24) is 4.90 Å². The number of benzene rings is 2. The maximum absolute atomic E-state index is 12.7. The number of carbonyl (C=O) groups is 1. The SMILES string of the molecule is N#Cc1ccc(OCc2cccc(C(=O)N3CCC[C@@H]3CO)c2)cc1. The highest BCUT2D eigenvalue weighted by Gasteiger charge is 2.28. The Morgan fingerprint density at radius 3 is 2.80 bits per heavy atom. The molecule has 2 aromatic rings. The first-order valence-corrected chi connectivity index (χ1v) is 8.35. The van der Waals surface area contributed by atoms with Gasteiger partial charge in [0, 0.05) is 12.1 Å². The minimum atomic E-state index is -0.0777. The van der Waals surface area contributed by atoms with Crippen LogP contribution in [0.5, 0.6) is 5.75 Å². The Hall–Kier alpha value is -2.84. The van der Waals surface area contributed by atoms with Crippen LogP contribution in [-0.2, 0) is 6.61 Å². The molecule has 1 heterocycles. The van der Waals surface area contributed by atoms with Gasteiger partial charge in [0.1, 0.15) is 12.4 Å². The van der Waals surface area contributed by atoms with Crippen LogP contribution in [0.25, 0.3) is 0 Å². The fourth-order valence-corrected chi connectivity index (χ4v) is 3.05. The average Bonchev–Trinajstić information content (AvgIpc) is 3.15. The summed E-state index contributed by atoms with van der Waals surface area (Å²) in [5, 5.41) is 18.2. The molecule has 0 unspecified atom stereocenters. The van der Waals surface area contributed by atoms with Crippen LogP contribution in [0, 0.1) is 11.3 Å². The number of carbonyl (C=O) groups excluding carboxylic acids is 1. The van der Waals surface area contributed by atoms with Gasteiger partial charge in [-0.2, -0.15) is 5.26 Å². The van der Waals surface area contributed by atoms with Crippen molar-refractivity contribution in [3.05, 3.63) is 65.2 Å². The van der Waals surface area contributed by atoms with E-state index in [1.54, 1.807) is 35.2 Å². The van der Waals surface area contributed by atoms with Crippen LogP contribution >= 0.6 is 0 Å². The van der Waals surface area contributed by atoms with E-state index >= 15 is 0 Å². The van der Waals surface area contributed by atoms with E-state index in [0.717, 1.165) is 18.4 Å². The largest absolute Gasteiger partial charge is 0.489 e. The zero-order valence-electron chi connectivity index (χ0n) is 13.9. The van der Waals surface area contributed by atoms with Crippen molar-refractivity contribution in [1.29, 1.82) is 5.26 Å². The number of rotatable bonds is 5. The summed E-state index contributed by atoms with van der Waals surface area (Å²) in [6.07, 6.45) is 1.78. The number of aliphatic hydroxyl groups is 1. The molecule has 1 N–H and O–H groups in total. The smallest absolute Gasteiger partial charge is 0.254 e. The first-order chi connectivity index (χ1) is 12.2. The second-order valence-corrected chi connectivity index (χ2v) is 6.10. The summed E-state index contributed by atoms with van der Waals surface area (Å²) in [6, 6.07) is 16.3. The fourth-order valence-electron chi connectivity index (χ4n) is 3.05. The topological polar surface area (TPSA) is 73.6 Å². The molecule has 5 heteroatoms. The van der Waals surface area contributed by atoms with E-state index < -0.39 is 0 Å². The van der Waals surface area contributed by atoms with E-state index in [-0.39, 0.29) is 18.6 Å². The number of hydrogen-bond donors (Lipinski definition) is 1. The van der Waals surface area contributed by atoms with Crippen LogP contribution in [0.15, 0.2) is 48.5 Å². The molecule has 128 valence electrons. The summed E-state index contributed by atoms with van der Waals surface area (Å²) in [5.41, 5.74) is 2.10. The lowest BCUT2D eigenvalue weighted by molar-refractivity contribution is 0.0677. The summed E-state index contributed by atoms with van der Waals surface area (Å²) in [4.78, 5) is 14.4. The van der Waals surface area contributed by atoms with Crippen molar-refractivity contribution in [2.75, 3.05) is 13.2 Å². The molecular weight excluding hydrogens is 316 g/mol. The van der Waals surface area contributed by atoms with Crippen LogP contribution in [0.3, 0.4) is 0 Å². The third-order valence-corrected chi connectivity index (χ3v) is 4.41. The summed E-state index contributed by atoms with van der Waals surface area (Å²) in [7, 11) is 0. The first kappa shape index (κ1) is 17.0. The third kappa shape index (κ3) is 3.98. The standard InChI is InChI=1S/C20H20N2O3/c21-12-15-6-8-19(9-7-15)25-14-16-3-1-4-17(11-16)20(24)22-10-2-5-18(22)13-23/h1,3-4,6-9,11,18,23H,2,5,10,13-14H2/t18-/m1/s1. The van der Waals surface area contributed by atoms with Crippen molar-refractivity contribution in [3.8, 4) is 11.8 Å². The monoisotopic (exact) mass is 336 g/mol. The molecule has 1 aliphatic rings. The van der Waals surface area contributed by atoms with E-state index in [1.807, 2.05) is 18.2 Å². The summed E-state index contributed by atoms with van der Waals surface area (Å²) < 4.78 is 5.72. The van der Waals surface area contributed by atoms with E-state index in [1.165, 1.54) is 0 Å². The van der Waals surface area contributed by atoms with E-state index in [9.17, 15) is 9.90 Å². The molecule has 5 nitrogen and oxygen atoms in total. The van der Waals surface area contributed by atoms with Crippen molar-refractivity contribution >= 4 is 5.91 Å². The number of nitrogens with zero attached hydrogens (tertiary/aromatic N) is 2. The van der Waals surface area contributed by atoms with Gasteiger partial charge >= 0.3 is 0 Å². The molecule has 2 aromatic carbocycles. The molecule has 0 aliphatic carbocycles. The van der Waals surface area contributed by atoms with Gasteiger partial charge in [0.25, 0.3) is 5.91 Å². The van der Waals surface area contributed by atoms with Gasteiger partial charge in [0.05, 0.1) is 24.3 Å². The van der Waals surface area contributed by atoms with Crippen LogP contribution in [0.4, 0.5) is 0 Å². The Morgan fingerprint density at radius 2 is 2.08 bits per heavy atom. The van der Waals surface area contributed by atoms with E-state index in [0.29, 0.717) is 30.0 Å². The molecule has 1 amide bonds. The van der Waals surface area contributed by atoms with Crippen molar-refractivity contribution < 1.29 is 14.6 Å². The molecule has 0 aromatic heterocycles. The lowest BCUT2D eigenvalue weighted by Crippen LogP contribution is -2.37. The van der Waals surface area contributed by atoms with Gasteiger partial charge in [0.2, 0.25) is 0 Å². The quantitative estimate of drug-likeness (QED) is 0.911. The number of amides is 1. The molecule has 0 spiro atoms. The van der Waals surface area contributed by atoms with Crippen LogP contribution in [0.2, 0.25) is 0 Å². The molecule has 0 radical (unpaired) electrons.